The van der Waals surface area contributed by atoms with Crippen molar-refractivity contribution in [2.24, 2.45) is 7.05 Å². The van der Waals surface area contributed by atoms with Crippen LogP contribution in [-0.4, -0.2) is 73.7 Å². The molecule has 1 aliphatic rings. The molecular formula is C20H30N6O3S. The Morgan fingerprint density at radius 2 is 2.33 bits per heavy atom. The molecule has 10 heteroatoms. The van der Waals surface area contributed by atoms with Crippen LogP contribution in [0.4, 0.5) is 0 Å². The minimum atomic E-state index is -0.204. The summed E-state index contributed by atoms with van der Waals surface area (Å²) in [6.07, 6.45) is 1.79. The van der Waals surface area contributed by atoms with Crippen molar-refractivity contribution in [3.05, 3.63) is 29.8 Å². The van der Waals surface area contributed by atoms with E-state index in [1.807, 2.05) is 25.1 Å². The van der Waals surface area contributed by atoms with Crippen LogP contribution in [0.15, 0.2) is 29.4 Å². The van der Waals surface area contributed by atoms with Crippen LogP contribution in [0.1, 0.15) is 31.7 Å². The highest BCUT2D eigenvalue weighted by molar-refractivity contribution is 7.99. The number of aliphatic hydroxyl groups is 1. The number of likely N-dealkylation sites (tertiary alicyclic amines) is 1. The maximum absolute atomic E-state index is 12.1. The van der Waals surface area contributed by atoms with Crippen molar-refractivity contribution in [1.29, 1.82) is 0 Å². The highest BCUT2D eigenvalue weighted by atomic mass is 32.2. The summed E-state index contributed by atoms with van der Waals surface area (Å²) in [5, 5.41) is 24.7. The fraction of sp³-hybridized carbons (Fsp3) is 0.600. The van der Waals surface area contributed by atoms with Crippen molar-refractivity contribution in [3.8, 4) is 5.75 Å². The average molecular weight is 435 g/mol. The minimum absolute atomic E-state index is 0.0138. The van der Waals surface area contributed by atoms with Crippen molar-refractivity contribution in [2.45, 2.75) is 49.2 Å². The van der Waals surface area contributed by atoms with E-state index in [1.165, 1.54) is 17.3 Å². The van der Waals surface area contributed by atoms with Gasteiger partial charge in [0.1, 0.15) is 5.75 Å². The molecule has 164 valence electrons. The standard InChI is InChI=1S/C20H30N6O3S/c1-15(30-20-22-23-24-25(20)2)11-19(28)21-8-4-10-29-18-6-3-5-16(12-18)13-26-9-7-17(27)14-26/h3,5-6,12,15,17,27H,4,7-11,13-14H2,1-2H3,(H,21,28). The molecule has 1 amide bonds. The predicted molar refractivity (Wildman–Crippen MR) is 114 cm³/mol. The first-order valence-corrected chi connectivity index (χ1v) is 11.2. The van der Waals surface area contributed by atoms with Gasteiger partial charge in [0.05, 0.1) is 12.7 Å². The van der Waals surface area contributed by atoms with Gasteiger partial charge in [-0.25, -0.2) is 4.68 Å². The Balaban J connectivity index is 1.30. The largest absolute Gasteiger partial charge is 0.494 e. The smallest absolute Gasteiger partial charge is 0.221 e. The zero-order chi connectivity index (χ0) is 21.3. The minimum Gasteiger partial charge on any atom is -0.494 e. The van der Waals surface area contributed by atoms with Crippen LogP contribution in [-0.2, 0) is 18.4 Å². The quantitative estimate of drug-likeness (QED) is 0.402. The van der Waals surface area contributed by atoms with Crippen LogP contribution in [0.3, 0.4) is 0 Å². The molecule has 0 aliphatic carbocycles. The van der Waals surface area contributed by atoms with Crippen LogP contribution in [0, 0.1) is 0 Å². The molecule has 2 N–H and O–H groups in total. The van der Waals surface area contributed by atoms with Gasteiger partial charge in [-0.1, -0.05) is 30.8 Å². The number of rotatable bonds is 11. The van der Waals surface area contributed by atoms with Crippen molar-refractivity contribution < 1.29 is 14.6 Å². The van der Waals surface area contributed by atoms with E-state index >= 15 is 0 Å². The van der Waals surface area contributed by atoms with Gasteiger partial charge in [-0.2, -0.15) is 0 Å². The Morgan fingerprint density at radius 3 is 3.07 bits per heavy atom. The number of β-amino-alcohol motifs (C(OH)–C–C–N with tert-alkyl or cyclic N) is 1. The van der Waals surface area contributed by atoms with E-state index in [9.17, 15) is 9.90 Å². The highest BCUT2D eigenvalue weighted by Gasteiger charge is 2.20. The summed E-state index contributed by atoms with van der Waals surface area (Å²) in [4.78, 5) is 14.3. The van der Waals surface area contributed by atoms with E-state index in [0.717, 1.165) is 38.2 Å². The third-order valence-electron chi connectivity index (χ3n) is 4.82. The molecule has 1 aromatic carbocycles. The van der Waals surface area contributed by atoms with Gasteiger partial charge >= 0.3 is 0 Å². The van der Waals surface area contributed by atoms with Crippen LogP contribution >= 0.6 is 11.8 Å². The first-order valence-electron chi connectivity index (χ1n) is 10.3. The monoisotopic (exact) mass is 434 g/mol. The normalized spacial score (nSPS) is 17.8. The van der Waals surface area contributed by atoms with Crippen LogP contribution < -0.4 is 10.1 Å². The van der Waals surface area contributed by atoms with Gasteiger partial charge in [0.25, 0.3) is 0 Å². The summed E-state index contributed by atoms with van der Waals surface area (Å²) in [7, 11) is 1.78. The molecule has 2 aromatic rings. The van der Waals surface area contributed by atoms with Gasteiger partial charge in [0.2, 0.25) is 11.1 Å². The van der Waals surface area contributed by atoms with Crippen molar-refractivity contribution in [2.75, 3.05) is 26.2 Å². The SMILES string of the molecule is CC(CC(=O)NCCCOc1cccc(CN2CCC(O)C2)c1)Sc1nnnn1C. The van der Waals surface area contributed by atoms with E-state index < -0.39 is 0 Å². The lowest BCUT2D eigenvalue weighted by Gasteiger charge is -2.15. The number of thioether (sulfide) groups is 1. The number of tetrazole rings is 1. The number of aromatic nitrogens is 4. The molecule has 3 rings (SSSR count). The molecule has 2 unspecified atom stereocenters. The number of carbonyl (C=O) groups is 1. The summed E-state index contributed by atoms with van der Waals surface area (Å²) in [6, 6.07) is 8.06. The topological polar surface area (TPSA) is 105 Å². The second-order valence-corrected chi connectivity index (χ2v) is 9.00. The van der Waals surface area contributed by atoms with Crippen molar-refractivity contribution in [1.82, 2.24) is 30.4 Å². The summed E-state index contributed by atoms with van der Waals surface area (Å²) < 4.78 is 7.43. The molecule has 1 aliphatic heterocycles. The number of nitrogens with zero attached hydrogens (tertiary/aromatic N) is 5. The lowest BCUT2D eigenvalue weighted by molar-refractivity contribution is -0.121. The van der Waals surface area contributed by atoms with Crippen molar-refractivity contribution >= 4 is 17.7 Å². The number of nitrogens with one attached hydrogen (secondary N) is 1. The lowest BCUT2D eigenvalue weighted by Crippen LogP contribution is -2.27. The average Bonchev–Trinajstić information content (AvgIpc) is 3.29. The molecule has 1 aromatic heterocycles. The van der Waals surface area contributed by atoms with E-state index in [4.69, 9.17) is 4.74 Å². The summed E-state index contributed by atoms with van der Waals surface area (Å²) in [5.74, 6) is 0.848. The van der Waals surface area contributed by atoms with Crippen LogP contribution in [0.2, 0.25) is 0 Å². The lowest BCUT2D eigenvalue weighted by atomic mass is 10.2. The highest BCUT2D eigenvalue weighted by Crippen LogP contribution is 2.21. The first kappa shape index (κ1) is 22.5. The summed E-state index contributed by atoms with van der Waals surface area (Å²) in [6.45, 7) is 5.59. The third-order valence-corrected chi connectivity index (χ3v) is 5.95. The predicted octanol–water partition coefficient (Wildman–Crippen LogP) is 1.23. The maximum atomic E-state index is 12.1. The molecule has 2 heterocycles. The van der Waals surface area contributed by atoms with Crippen LogP contribution in [0.25, 0.3) is 0 Å². The van der Waals surface area contributed by atoms with E-state index in [0.29, 0.717) is 24.7 Å². The van der Waals surface area contributed by atoms with Crippen LogP contribution in [0.5, 0.6) is 5.75 Å². The molecule has 1 fully saturated rings. The maximum Gasteiger partial charge on any atom is 0.221 e. The molecular weight excluding hydrogens is 404 g/mol. The molecule has 0 saturated carbocycles. The Labute approximate surface area is 181 Å². The number of hydrogen-bond acceptors (Lipinski definition) is 8. The first-order chi connectivity index (χ1) is 14.5. The molecule has 2 atom stereocenters. The Bertz CT molecular complexity index is 817. The third kappa shape index (κ3) is 7.26. The van der Waals surface area contributed by atoms with E-state index in [-0.39, 0.29) is 17.3 Å². The zero-order valence-corrected chi connectivity index (χ0v) is 18.3. The van der Waals surface area contributed by atoms with E-state index in [1.54, 1.807) is 11.7 Å². The Kier molecular flexibility index (Phi) is 8.47. The van der Waals surface area contributed by atoms with Gasteiger partial charge in [-0.05, 0) is 41.0 Å². The van der Waals surface area contributed by atoms with Gasteiger partial charge in [-0.3, -0.25) is 9.69 Å². The Morgan fingerprint density at radius 1 is 1.47 bits per heavy atom. The molecule has 0 spiro atoms. The van der Waals surface area contributed by atoms with Gasteiger partial charge in [0, 0.05) is 44.9 Å². The molecule has 0 bridgehead atoms. The molecule has 30 heavy (non-hydrogen) atoms. The number of aryl methyl sites for hydroxylation is 1. The summed E-state index contributed by atoms with van der Waals surface area (Å²) >= 11 is 1.48. The molecule has 1 saturated heterocycles. The van der Waals surface area contributed by atoms with Gasteiger partial charge < -0.3 is 15.2 Å². The van der Waals surface area contributed by atoms with Crippen molar-refractivity contribution in [3.63, 3.8) is 0 Å². The zero-order valence-electron chi connectivity index (χ0n) is 17.5. The number of aliphatic hydroxyl groups excluding tert-OH is 1. The number of carbonyl (C=O) groups excluding carboxylic acids is 1. The fourth-order valence-corrected chi connectivity index (χ4v) is 4.18. The molecule has 9 nitrogen and oxygen atoms in total. The number of hydrogen-bond donors (Lipinski definition) is 2. The fourth-order valence-electron chi connectivity index (χ4n) is 3.31. The number of amides is 1. The van der Waals surface area contributed by atoms with Gasteiger partial charge in [0.15, 0.2) is 0 Å². The van der Waals surface area contributed by atoms with E-state index in [2.05, 4.69) is 31.8 Å². The second-order valence-electron chi connectivity index (χ2n) is 7.59. The second kappa shape index (κ2) is 11.3. The molecule has 0 radical (unpaired) electrons. The number of benzene rings is 1. The summed E-state index contributed by atoms with van der Waals surface area (Å²) in [5.41, 5.74) is 1.18. The van der Waals surface area contributed by atoms with Gasteiger partial charge in [-0.15, -0.1) is 5.10 Å². The Hall–Kier alpha value is -2.17. The number of ether oxygens (including phenoxy) is 1.